The molecule has 3 aromatic carbocycles. The lowest BCUT2D eigenvalue weighted by molar-refractivity contribution is -0.125. The molecule has 0 heterocycles. The molecule has 3 atom stereocenters. The van der Waals surface area contributed by atoms with Crippen LogP contribution >= 0.6 is 0 Å². The molecule has 0 aliphatic rings. The smallest absolute Gasteiger partial charge is 0.258 e. The number of hydrogen-bond acceptors (Lipinski definition) is 4. The van der Waals surface area contributed by atoms with Gasteiger partial charge in [-0.25, -0.2) is 0 Å². The van der Waals surface area contributed by atoms with Crippen LogP contribution in [0, 0.1) is 13.8 Å². The molecule has 0 spiro atoms. The van der Waals surface area contributed by atoms with Crippen molar-refractivity contribution in [2.75, 3.05) is 6.61 Å². The molecular formula is C30H36N2O4. The van der Waals surface area contributed by atoms with Crippen LogP contribution in [0.25, 0.3) is 0 Å². The fourth-order valence-electron chi connectivity index (χ4n) is 4.30. The average Bonchev–Trinajstić information content (AvgIpc) is 2.88. The molecular weight excluding hydrogens is 452 g/mol. The van der Waals surface area contributed by atoms with E-state index in [9.17, 15) is 14.7 Å². The highest BCUT2D eigenvalue weighted by Gasteiger charge is 2.26. The van der Waals surface area contributed by atoms with E-state index < -0.39 is 36.9 Å². The monoisotopic (exact) mass is 491 g/mol. The summed E-state index contributed by atoms with van der Waals surface area (Å²) >= 11 is 0. The summed E-state index contributed by atoms with van der Waals surface area (Å²) in [5.41, 5.74) is 3.62. The molecule has 0 bridgehead atoms. The van der Waals surface area contributed by atoms with E-state index in [0.717, 1.165) is 22.3 Å². The third-order valence-corrected chi connectivity index (χ3v) is 6.05. The number of aryl methyl sites for hydroxylation is 2. The van der Waals surface area contributed by atoms with E-state index in [1.807, 2.05) is 92.7 Å². The van der Waals surface area contributed by atoms with Crippen LogP contribution in [0.4, 0.5) is 0 Å². The molecule has 0 aliphatic heterocycles. The molecule has 0 aliphatic carbocycles. The SMILES string of the molecule is [2H]C([2H])([2H])C(=O)N[C@@H](Cc1ccccc1)C[C@H](O)[C@H](Cc1ccccc1)NC(=O)COc1c(C)cccc1C. The lowest BCUT2D eigenvalue weighted by atomic mass is 9.93. The summed E-state index contributed by atoms with van der Waals surface area (Å²) in [6.07, 6.45) is -0.393. The molecule has 0 fully saturated rings. The number of rotatable bonds is 12. The molecule has 190 valence electrons. The molecule has 6 heteroatoms. The number of para-hydroxylation sites is 1. The number of carbonyl (C=O) groups is 2. The van der Waals surface area contributed by atoms with E-state index in [2.05, 4.69) is 10.6 Å². The number of benzene rings is 3. The quantitative estimate of drug-likeness (QED) is 0.359. The number of aliphatic hydroxyl groups excluding tert-OH is 1. The van der Waals surface area contributed by atoms with Gasteiger partial charge in [-0.05, 0) is 55.4 Å². The van der Waals surface area contributed by atoms with Gasteiger partial charge in [0.25, 0.3) is 5.91 Å². The van der Waals surface area contributed by atoms with Gasteiger partial charge >= 0.3 is 0 Å². The van der Waals surface area contributed by atoms with Crippen molar-refractivity contribution in [3.8, 4) is 5.75 Å². The summed E-state index contributed by atoms with van der Waals surface area (Å²) in [6.45, 7) is 0.765. The largest absolute Gasteiger partial charge is 0.483 e. The van der Waals surface area contributed by atoms with Crippen LogP contribution in [0.5, 0.6) is 5.75 Å². The van der Waals surface area contributed by atoms with Crippen molar-refractivity contribution >= 4 is 11.8 Å². The third kappa shape index (κ3) is 8.54. The van der Waals surface area contributed by atoms with E-state index in [1.54, 1.807) is 0 Å². The Kier molecular flexibility index (Phi) is 8.52. The summed E-state index contributed by atoms with van der Waals surface area (Å²) in [5, 5.41) is 16.8. The normalized spacial score (nSPS) is 14.9. The minimum Gasteiger partial charge on any atom is -0.483 e. The third-order valence-electron chi connectivity index (χ3n) is 6.05. The summed E-state index contributed by atoms with van der Waals surface area (Å²) in [4.78, 5) is 25.3. The first kappa shape index (κ1) is 22.8. The Hall–Kier alpha value is -3.64. The van der Waals surface area contributed by atoms with Gasteiger partial charge in [-0.2, -0.15) is 0 Å². The van der Waals surface area contributed by atoms with Gasteiger partial charge < -0.3 is 20.5 Å². The molecule has 0 saturated carbocycles. The Labute approximate surface area is 217 Å². The molecule has 36 heavy (non-hydrogen) atoms. The zero-order chi connectivity index (χ0) is 28.4. The van der Waals surface area contributed by atoms with Crippen molar-refractivity contribution in [3.05, 3.63) is 101 Å². The molecule has 3 aromatic rings. The Morgan fingerprint density at radius 1 is 0.861 bits per heavy atom. The van der Waals surface area contributed by atoms with Crippen LogP contribution in [-0.4, -0.2) is 41.7 Å². The first-order valence-corrected chi connectivity index (χ1v) is 12.1. The molecule has 2 amide bonds. The zero-order valence-electron chi connectivity index (χ0n) is 23.7. The topological polar surface area (TPSA) is 87.7 Å². The molecule has 0 saturated heterocycles. The second kappa shape index (κ2) is 13.4. The Balaban J connectivity index is 1.75. The highest BCUT2D eigenvalue weighted by molar-refractivity contribution is 5.78. The molecule has 3 rings (SSSR count). The lowest BCUT2D eigenvalue weighted by Gasteiger charge is -2.28. The van der Waals surface area contributed by atoms with Crippen LogP contribution < -0.4 is 15.4 Å². The molecule has 3 N–H and O–H groups in total. The number of hydrogen-bond donors (Lipinski definition) is 3. The fraction of sp³-hybridized carbons (Fsp3) is 0.333. The van der Waals surface area contributed by atoms with Gasteiger partial charge in [0, 0.05) is 17.0 Å². The van der Waals surface area contributed by atoms with Crippen LogP contribution in [0.1, 0.15) is 39.6 Å². The second-order valence-electron chi connectivity index (χ2n) is 9.04. The minimum atomic E-state index is -2.82. The van der Waals surface area contributed by atoms with E-state index in [-0.39, 0.29) is 13.0 Å². The molecule has 0 aromatic heterocycles. The Morgan fingerprint density at radius 2 is 1.44 bits per heavy atom. The minimum absolute atomic E-state index is 0.0340. The van der Waals surface area contributed by atoms with Gasteiger partial charge in [0.05, 0.1) is 12.1 Å². The van der Waals surface area contributed by atoms with E-state index in [0.29, 0.717) is 18.6 Å². The van der Waals surface area contributed by atoms with Gasteiger partial charge in [-0.15, -0.1) is 0 Å². The van der Waals surface area contributed by atoms with Crippen LogP contribution in [0.3, 0.4) is 0 Å². The van der Waals surface area contributed by atoms with Crippen LogP contribution in [0.2, 0.25) is 0 Å². The van der Waals surface area contributed by atoms with Crippen LogP contribution in [-0.2, 0) is 22.4 Å². The summed E-state index contributed by atoms with van der Waals surface area (Å²) in [7, 11) is 0. The van der Waals surface area contributed by atoms with Crippen molar-refractivity contribution in [1.29, 1.82) is 0 Å². The Bertz CT molecular complexity index is 1200. The predicted octanol–water partition coefficient (Wildman–Crippen LogP) is 3.91. The summed E-state index contributed by atoms with van der Waals surface area (Å²) < 4.78 is 28.2. The maximum atomic E-state index is 12.9. The van der Waals surface area contributed by atoms with Crippen molar-refractivity contribution < 1.29 is 23.5 Å². The zero-order valence-corrected chi connectivity index (χ0v) is 20.7. The van der Waals surface area contributed by atoms with Crippen molar-refractivity contribution in [1.82, 2.24) is 10.6 Å². The number of carbonyl (C=O) groups excluding carboxylic acids is 2. The maximum absolute atomic E-state index is 12.9. The summed E-state index contributed by atoms with van der Waals surface area (Å²) in [6, 6.07) is 23.1. The number of amides is 2. The van der Waals surface area contributed by atoms with E-state index in [1.165, 1.54) is 0 Å². The number of aliphatic hydroxyl groups is 1. The predicted molar refractivity (Wildman–Crippen MR) is 142 cm³/mol. The standard InChI is InChI=1S/C30H36N2O4/c1-21-11-10-12-22(2)30(21)36-20-29(35)32-27(18-25-15-8-5-9-16-25)28(34)19-26(31-23(3)33)17-24-13-6-4-7-14-24/h4-16,26-28,34H,17-20H2,1-3H3,(H,31,33)(H,32,35)/t26-,27-,28-/m0/s1/i3D3. The molecule has 6 nitrogen and oxygen atoms in total. The van der Waals surface area contributed by atoms with Gasteiger partial charge in [0.1, 0.15) is 5.75 Å². The van der Waals surface area contributed by atoms with Gasteiger partial charge in [-0.1, -0.05) is 78.9 Å². The molecule has 0 radical (unpaired) electrons. The first-order chi connectivity index (χ1) is 18.5. The van der Waals surface area contributed by atoms with Crippen molar-refractivity contribution in [3.63, 3.8) is 0 Å². The van der Waals surface area contributed by atoms with Gasteiger partial charge in [0.15, 0.2) is 6.61 Å². The van der Waals surface area contributed by atoms with E-state index in [4.69, 9.17) is 8.85 Å². The average molecular weight is 492 g/mol. The fourth-order valence-corrected chi connectivity index (χ4v) is 4.30. The number of nitrogens with one attached hydrogen (secondary N) is 2. The van der Waals surface area contributed by atoms with Gasteiger partial charge in [0.2, 0.25) is 5.91 Å². The highest BCUT2D eigenvalue weighted by Crippen LogP contribution is 2.22. The highest BCUT2D eigenvalue weighted by atomic mass is 16.5. The van der Waals surface area contributed by atoms with Crippen molar-refractivity contribution in [2.24, 2.45) is 0 Å². The maximum Gasteiger partial charge on any atom is 0.258 e. The van der Waals surface area contributed by atoms with Crippen molar-refractivity contribution in [2.45, 2.75) is 58.1 Å². The van der Waals surface area contributed by atoms with Crippen LogP contribution in [0.15, 0.2) is 78.9 Å². The number of ether oxygens (including phenoxy) is 1. The molecule has 0 unspecified atom stereocenters. The first-order valence-electron chi connectivity index (χ1n) is 13.6. The Morgan fingerprint density at radius 3 is 2.03 bits per heavy atom. The second-order valence-corrected chi connectivity index (χ2v) is 9.04. The lowest BCUT2D eigenvalue weighted by Crippen LogP contribution is -2.49. The van der Waals surface area contributed by atoms with E-state index >= 15 is 0 Å². The summed E-state index contributed by atoms with van der Waals surface area (Å²) in [5.74, 6) is -0.840. The van der Waals surface area contributed by atoms with Gasteiger partial charge in [-0.3, -0.25) is 9.59 Å².